The van der Waals surface area contributed by atoms with E-state index in [1.807, 2.05) is 0 Å². The molecule has 11 heteroatoms. The molecule has 0 unspecified atom stereocenters. The number of halogens is 2. The van der Waals surface area contributed by atoms with Gasteiger partial charge in [0.2, 0.25) is 0 Å². The van der Waals surface area contributed by atoms with Crippen LogP contribution in [0.3, 0.4) is 0 Å². The van der Waals surface area contributed by atoms with Gasteiger partial charge in [0.15, 0.2) is 5.65 Å². The molecule has 0 spiro atoms. The SMILES string of the molecule is CC(=O)C12CCC(CNC(=O)c3cc(C(=O)NCc4cccc(OC(F)F)c4)nc4ccnn34)(CC1)CC2. The summed E-state index contributed by atoms with van der Waals surface area (Å²) in [4.78, 5) is 42.6. The predicted molar refractivity (Wildman–Crippen MR) is 133 cm³/mol. The molecule has 2 bridgehead atoms. The second kappa shape index (κ2) is 10.1. The maximum absolute atomic E-state index is 13.3. The highest BCUT2D eigenvalue weighted by atomic mass is 19.3. The molecular formula is C27H29F2N5O4. The smallest absolute Gasteiger partial charge is 0.387 e. The quantitative estimate of drug-likeness (QED) is 0.438. The Morgan fingerprint density at radius 3 is 2.45 bits per heavy atom. The van der Waals surface area contributed by atoms with Crippen molar-refractivity contribution in [3.05, 3.63) is 59.5 Å². The molecule has 0 saturated heterocycles. The number of Topliss-reactive ketones (excluding diaryl/α,β-unsaturated/α-hetero) is 1. The predicted octanol–water partition coefficient (Wildman–Crippen LogP) is 3.92. The van der Waals surface area contributed by atoms with Crippen LogP contribution in [0, 0.1) is 10.8 Å². The van der Waals surface area contributed by atoms with E-state index in [-0.39, 0.29) is 46.2 Å². The lowest BCUT2D eigenvalue weighted by molar-refractivity contribution is -0.135. The normalized spacial score (nSPS) is 22.4. The number of carbonyl (C=O) groups excluding carboxylic acids is 3. The molecule has 2 heterocycles. The fraction of sp³-hybridized carbons (Fsp3) is 0.444. The van der Waals surface area contributed by atoms with Crippen molar-refractivity contribution in [3.63, 3.8) is 0 Å². The lowest BCUT2D eigenvalue weighted by Gasteiger charge is -2.52. The molecular weight excluding hydrogens is 496 g/mol. The molecule has 2 N–H and O–H groups in total. The Morgan fingerprint density at radius 1 is 1.03 bits per heavy atom. The van der Waals surface area contributed by atoms with Crippen molar-refractivity contribution in [3.8, 4) is 5.75 Å². The van der Waals surface area contributed by atoms with E-state index in [0.29, 0.717) is 17.8 Å². The number of fused-ring (bicyclic) bond motifs is 4. The third-order valence-corrected chi connectivity index (χ3v) is 8.17. The minimum atomic E-state index is -2.94. The van der Waals surface area contributed by atoms with Gasteiger partial charge in [-0.2, -0.15) is 13.9 Å². The van der Waals surface area contributed by atoms with Crippen molar-refractivity contribution in [1.82, 2.24) is 25.2 Å². The molecule has 6 rings (SSSR count). The van der Waals surface area contributed by atoms with Gasteiger partial charge >= 0.3 is 6.61 Å². The number of ketones is 1. The molecule has 3 aromatic rings. The summed E-state index contributed by atoms with van der Waals surface area (Å²) in [6, 6.07) is 9.02. The van der Waals surface area contributed by atoms with Crippen molar-refractivity contribution in [2.75, 3.05) is 6.54 Å². The molecule has 2 amide bonds. The second-order valence-corrected chi connectivity index (χ2v) is 10.4. The van der Waals surface area contributed by atoms with E-state index in [2.05, 4.69) is 25.5 Å². The fourth-order valence-corrected chi connectivity index (χ4v) is 5.71. The van der Waals surface area contributed by atoms with Crippen LogP contribution in [-0.2, 0) is 11.3 Å². The summed E-state index contributed by atoms with van der Waals surface area (Å²) in [5, 5.41) is 9.92. The number of hydrogen-bond acceptors (Lipinski definition) is 6. The number of carbonyl (C=O) groups is 3. The van der Waals surface area contributed by atoms with Gasteiger partial charge in [-0.3, -0.25) is 14.4 Å². The number of ether oxygens (including phenoxy) is 1. The standard InChI is InChI=1S/C27H29F2N5O4/c1-17(35)27-9-6-26(7-10-27,8-11-27)16-31-24(37)21-14-20(33-22-5-12-32-34(21)22)23(36)30-15-18-3-2-4-19(13-18)38-25(28)29/h2-5,12-14,25H,6-11,15-16H2,1H3,(H,30,36)(H,31,37). The minimum absolute atomic E-state index is 0.00751. The van der Waals surface area contributed by atoms with Gasteiger partial charge in [0, 0.05) is 30.6 Å². The monoisotopic (exact) mass is 525 g/mol. The van der Waals surface area contributed by atoms with Crippen LogP contribution in [0.5, 0.6) is 5.75 Å². The Labute approximate surface area is 218 Å². The second-order valence-electron chi connectivity index (χ2n) is 10.4. The van der Waals surface area contributed by atoms with Gasteiger partial charge in [0.25, 0.3) is 11.8 Å². The third kappa shape index (κ3) is 5.09. The molecule has 3 aliphatic rings. The number of nitrogens with zero attached hydrogens (tertiary/aromatic N) is 3. The van der Waals surface area contributed by atoms with Crippen LogP contribution in [0.1, 0.15) is 72.0 Å². The van der Waals surface area contributed by atoms with E-state index in [1.54, 1.807) is 25.1 Å². The summed E-state index contributed by atoms with van der Waals surface area (Å²) in [6.07, 6.45) is 6.78. The number of benzene rings is 1. The largest absolute Gasteiger partial charge is 0.435 e. The van der Waals surface area contributed by atoms with Gasteiger partial charge in [0.05, 0.1) is 6.20 Å². The molecule has 1 aromatic carbocycles. The summed E-state index contributed by atoms with van der Waals surface area (Å²) in [5.41, 5.74) is 0.910. The number of alkyl halides is 2. The molecule has 0 atom stereocenters. The zero-order valence-corrected chi connectivity index (χ0v) is 21.0. The lowest BCUT2D eigenvalue weighted by Crippen LogP contribution is -2.49. The van der Waals surface area contributed by atoms with E-state index in [0.717, 1.165) is 38.5 Å². The highest BCUT2D eigenvalue weighted by Crippen LogP contribution is 2.56. The molecule has 0 radical (unpaired) electrons. The topological polar surface area (TPSA) is 115 Å². The molecule has 9 nitrogen and oxygen atoms in total. The fourth-order valence-electron chi connectivity index (χ4n) is 5.71. The van der Waals surface area contributed by atoms with E-state index in [1.165, 1.54) is 28.9 Å². The van der Waals surface area contributed by atoms with Crippen LogP contribution in [-0.4, -0.2) is 45.4 Å². The van der Waals surface area contributed by atoms with Crippen molar-refractivity contribution >= 4 is 23.2 Å². The van der Waals surface area contributed by atoms with E-state index in [4.69, 9.17) is 0 Å². The number of aromatic nitrogens is 3. The Morgan fingerprint density at radius 2 is 1.76 bits per heavy atom. The van der Waals surface area contributed by atoms with Gasteiger partial charge in [-0.15, -0.1) is 0 Å². The molecule has 3 fully saturated rings. The Kier molecular flexibility index (Phi) is 6.85. The average molecular weight is 526 g/mol. The highest BCUT2D eigenvalue weighted by Gasteiger charge is 2.50. The first-order chi connectivity index (χ1) is 18.2. The summed E-state index contributed by atoms with van der Waals surface area (Å²) in [6.45, 7) is -0.715. The first-order valence-corrected chi connectivity index (χ1v) is 12.6. The highest BCUT2D eigenvalue weighted by molar-refractivity contribution is 5.98. The Bertz CT molecular complexity index is 1360. The van der Waals surface area contributed by atoms with Crippen molar-refractivity contribution in [2.45, 2.75) is 58.6 Å². The number of hydrogen-bond donors (Lipinski definition) is 2. The summed E-state index contributed by atoms with van der Waals surface area (Å²) in [7, 11) is 0. The van der Waals surface area contributed by atoms with Crippen molar-refractivity contribution in [1.29, 1.82) is 0 Å². The van der Waals surface area contributed by atoms with Crippen LogP contribution < -0.4 is 15.4 Å². The molecule has 2 aromatic heterocycles. The van der Waals surface area contributed by atoms with Crippen LogP contribution in [0.25, 0.3) is 5.65 Å². The van der Waals surface area contributed by atoms with Crippen LogP contribution >= 0.6 is 0 Å². The number of nitrogens with one attached hydrogen (secondary N) is 2. The van der Waals surface area contributed by atoms with Gasteiger partial charge in [-0.05, 0) is 68.6 Å². The molecule has 3 aliphatic carbocycles. The maximum atomic E-state index is 13.3. The Balaban J connectivity index is 1.27. The zero-order valence-electron chi connectivity index (χ0n) is 21.0. The van der Waals surface area contributed by atoms with Gasteiger partial charge in [-0.1, -0.05) is 12.1 Å². The van der Waals surface area contributed by atoms with E-state index < -0.39 is 12.5 Å². The zero-order chi connectivity index (χ0) is 26.9. The molecule has 3 saturated carbocycles. The number of amides is 2. The molecule has 200 valence electrons. The average Bonchev–Trinajstić information content (AvgIpc) is 3.39. The van der Waals surface area contributed by atoms with Gasteiger partial charge in [-0.25, -0.2) is 9.50 Å². The maximum Gasteiger partial charge on any atom is 0.387 e. The first kappa shape index (κ1) is 25.7. The van der Waals surface area contributed by atoms with Crippen LogP contribution in [0.4, 0.5) is 8.78 Å². The van der Waals surface area contributed by atoms with E-state index >= 15 is 0 Å². The van der Waals surface area contributed by atoms with Gasteiger partial charge in [0.1, 0.15) is 22.9 Å². The third-order valence-electron chi connectivity index (χ3n) is 8.17. The minimum Gasteiger partial charge on any atom is -0.435 e. The number of rotatable bonds is 9. The first-order valence-electron chi connectivity index (χ1n) is 12.6. The van der Waals surface area contributed by atoms with Crippen LogP contribution in [0.15, 0.2) is 42.6 Å². The summed E-state index contributed by atoms with van der Waals surface area (Å²) < 4.78 is 30.8. The molecule has 0 aliphatic heterocycles. The Hall–Kier alpha value is -3.89. The van der Waals surface area contributed by atoms with E-state index in [9.17, 15) is 23.2 Å². The summed E-state index contributed by atoms with van der Waals surface area (Å²) >= 11 is 0. The van der Waals surface area contributed by atoms with Crippen LogP contribution in [0.2, 0.25) is 0 Å². The van der Waals surface area contributed by atoms with Crippen molar-refractivity contribution in [2.24, 2.45) is 10.8 Å². The lowest BCUT2D eigenvalue weighted by atomic mass is 9.52. The molecule has 38 heavy (non-hydrogen) atoms. The summed E-state index contributed by atoms with van der Waals surface area (Å²) in [5.74, 6) is -0.628. The van der Waals surface area contributed by atoms with Crippen molar-refractivity contribution < 1.29 is 27.9 Å². The van der Waals surface area contributed by atoms with Gasteiger partial charge < -0.3 is 15.4 Å².